The molecule has 1 aromatic carbocycles. The van der Waals surface area contributed by atoms with Gasteiger partial charge in [0.1, 0.15) is 0 Å². The van der Waals surface area contributed by atoms with Crippen LogP contribution < -0.4 is 5.73 Å². The van der Waals surface area contributed by atoms with Crippen LogP contribution in [0.4, 0.5) is 0 Å². The summed E-state index contributed by atoms with van der Waals surface area (Å²) in [5.41, 5.74) is 8.67. The van der Waals surface area contributed by atoms with E-state index in [1.165, 1.54) is 6.08 Å². The van der Waals surface area contributed by atoms with Crippen LogP contribution in [0.25, 0.3) is 16.3 Å². The normalized spacial score (nSPS) is 11.1. The van der Waals surface area contributed by atoms with Crippen LogP contribution in [-0.2, 0) is 4.79 Å². The summed E-state index contributed by atoms with van der Waals surface area (Å²) in [6, 6.07) is 5.83. The molecule has 1 amide bonds. The number of aromatic nitrogens is 1. The number of nitrogens with zero attached hydrogens (tertiary/aromatic N) is 1. The Balaban J connectivity index is 2.39. The first kappa shape index (κ1) is 8.90. The van der Waals surface area contributed by atoms with Crippen molar-refractivity contribution in [3.63, 3.8) is 0 Å². The van der Waals surface area contributed by atoms with Gasteiger partial charge in [0.15, 0.2) is 0 Å². The van der Waals surface area contributed by atoms with Crippen molar-refractivity contribution < 1.29 is 4.79 Å². The Kier molecular flexibility index (Phi) is 2.28. The maximum absolute atomic E-state index is 10.5. The second-order valence-electron chi connectivity index (χ2n) is 2.82. The van der Waals surface area contributed by atoms with E-state index in [9.17, 15) is 4.79 Å². The molecule has 0 aliphatic rings. The molecule has 1 aromatic heterocycles. The molecule has 0 bridgehead atoms. The molecule has 3 nitrogen and oxygen atoms in total. The molecular formula is C10H8N2OS. The molecule has 1 heterocycles. The third kappa shape index (κ3) is 1.80. The fraction of sp³-hybridized carbons (Fsp3) is 0. The van der Waals surface area contributed by atoms with Gasteiger partial charge in [-0.3, -0.25) is 4.79 Å². The van der Waals surface area contributed by atoms with Crippen LogP contribution in [-0.4, -0.2) is 10.9 Å². The third-order valence-electron chi connectivity index (χ3n) is 1.79. The van der Waals surface area contributed by atoms with Gasteiger partial charge in [0.05, 0.1) is 15.7 Å². The van der Waals surface area contributed by atoms with Crippen molar-refractivity contribution in [3.05, 3.63) is 35.3 Å². The zero-order valence-corrected chi connectivity index (χ0v) is 8.12. The zero-order valence-electron chi connectivity index (χ0n) is 7.31. The van der Waals surface area contributed by atoms with E-state index in [-0.39, 0.29) is 0 Å². The first-order valence-electron chi connectivity index (χ1n) is 4.06. The minimum atomic E-state index is -0.441. The lowest BCUT2D eigenvalue weighted by Crippen LogP contribution is -2.04. The molecule has 0 saturated heterocycles. The van der Waals surface area contributed by atoms with E-state index in [2.05, 4.69) is 4.98 Å². The molecule has 0 radical (unpaired) electrons. The van der Waals surface area contributed by atoms with Crippen LogP contribution in [0.1, 0.15) is 5.56 Å². The lowest BCUT2D eigenvalue weighted by molar-refractivity contribution is -0.113. The first-order valence-corrected chi connectivity index (χ1v) is 4.94. The fourth-order valence-electron chi connectivity index (χ4n) is 1.16. The van der Waals surface area contributed by atoms with Crippen LogP contribution in [0.5, 0.6) is 0 Å². The molecule has 0 aliphatic heterocycles. The third-order valence-corrected chi connectivity index (χ3v) is 2.60. The number of benzene rings is 1. The van der Waals surface area contributed by atoms with Gasteiger partial charge in [0.2, 0.25) is 5.91 Å². The molecule has 0 saturated carbocycles. The highest BCUT2D eigenvalue weighted by molar-refractivity contribution is 7.16. The predicted octanol–water partition coefficient (Wildman–Crippen LogP) is 1.79. The number of carbonyl (C=O) groups excluding carboxylic acids is 1. The average molecular weight is 204 g/mol. The molecule has 0 atom stereocenters. The molecule has 0 unspecified atom stereocenters. The standard InChI is InChI=1S/C10H8N2OS/c11-10(13)4-2-7-1-3-9-8(5-7)12-6-14-9/h1-6H,(H2,11,13). The molecule has 70 valence electrons. The number of nitrogens with two attached hydrogens (primary N) is 1. The molecular weight excluding hydrogens is 196 g/mol. The maximum atomic E-state index is 10.5. The summed E-state index contributed by atoms with van der Waals surface area (Å²) in [4.78, 5) is 14.7. The molecule has 0 spiro atoms. The van der Waals surface area contributed by atoms with Crippen LogP contribution >= 0.6 is 11.3 Å². The van der Waals surface area contributed by atoms with Crippen molar-refractivity contribution in [1.29, 1.82) is 0 Å². The van der Waals surface area contributed by atoms with Gasteiger partial charge in [-0.15, -0.1) is 11.3 Å². The molecule has 2 aromatic rings. The summed E-state index contributed by atoms with van der Waals surface area (Å²) >= 11 is 1.59. The molecule has 14 heavy (non-hydrogen) atoms. The van der Waals surface area contributed by atoms with Crippen molar-refractivity contribution in [2.75, 3.05) is 0 Å². The Morgan fingerprint density at radius 3 is 3.14 bits per heavy atom. The summed E-state index contributed by atoms with van der Waals surface area (Å²) < 4.78 is 1.14. The first-order chi connectivity index (χ1) is 6.75. The molecule has 2 N–H and O–H groups in total. The second-order valence-corrected chi connectivity index (χ2v) is 3.70. The SMILES string of the molecule is NC(=O)C=Cc1ccc2scnc2c1. The molecule has 0 aliphatic carbocycles. The van der Waals surface area contributed by atoms with E-state index in [0.29, 0.717) is 0 Å². The largest absolute Gasteiger partial charge is 0.366 e. The highest BCUT2D eigenvalue weighted by atomic mass is 32.1. The van der Waals surface area contributed by atoms with Crippen molar-refractivity contribution in [1.82, 2.24) is 4.98 Å². The number of carbonyl (C=O) groups is 1. The van der Waals surface area contributed by atoms with Crippen LogP contribution in [0.3, 0.4) is 0 Å². The quantitative estimate of drug-likeness (QED) is 0.758. The minimum Gasteiger partial charge on any atom is -0.366 e. The lowest BCUT2D eigenvalue weighted by atomic mass is 10.2. The van der Waals surface area contributed by atoms with Crippen LogP contribution in [0.2, 0.25) is 0 Å². The number of primary amides is 1. The lowest BCUT2D eigenvalue weighted by Gasteiger charge is -1.92. The number of hydrogen-bond acceptors (Lipinski definition) is 3. The summed E-state index contributed by atoms with van der Waals surface area (Å²) in [5, 5.41) is 0. The Labute approximate surface area is 84.9 Å². The summed E-state index contributed by atoms with van der Waals surface area (Å²) in [5.74, 6) is -0.441. The second kappa shape index (κ2) is 3.59. The molecule has 2 rings (SSSR count). The Hall–Kier alpha value is -1.68. The van der Waals surface area contributed by atoms with Gasteiger partial charge in [-0.05, 0) is 23.8 Å². The van der Waals surface area contributed by atoms with Crippen molar-refractivity contribution in [2.45, 2.75) is 0 Å². The average Bonchev–Trinajstić information content (AvgIpc) is 2.61. The van der Waals surface area contributed by atoms with Gasteiger partial charge in [0, 0.05) is 6.08 Å². The smallest absolute Gasteiger partial charge is 0.241 e. The highest BCUT2D eigenvalue weighted by Crippen LogP contribution is 2.19. The van der Waals surface area contributed by atoms with E-state index in [1.54, 1.807) is 22.9 Å². The van der Waals surface area contributed by atoms with E-state index in [4.69, 9.17) is 5.73 Å². The number of rotatable bonds is 2. The summed E-state index contributed by atoms with van der Waals surface area (Å²) in [6.45, 7) is 0. The Bertz CT molecular complexity index is 502. The van der Waals surface area contributed by atoms with Gasteiger partial charge >= 0.3 is 0 Å². The van der Waals surface area contributed by atoms with Gasteiger partial charge in [0.25, 0.3) is 0 Å². The number of fused-ring (bicyclic) bond motifs is 1. The Morgan fingerprint density at radius 1 is 1.50 bits per heavy atom. The van der Waals surface area contributed by atoms with Crippen LogP contribution in [0.15, 0.2) is 29.8 Å². The topological polar surface area (TPSA) is 56.0 Å². The zero-order chi connectivity index (χ0) is 9.97. The summed E-state index contributed by atoms with van der Waals surface area (Å²) in [7, 11) is 0. The fourth-order valence-corrected chi connectivity index (χ4v) is 1.82. The van der Waals surface area contributed by atoms with E-state index in [0.717, 1.165) is 15.8 Å². The molecule has 4 heteroatoms. The van der Waals surface area contributed by atoms with Crippen molar-refractivity contribution >= 4 is 33.5 Å². The highest BCUT2D eigenvalue weighted by Gasteiger charge is 1.96. The number of hydrogen-bond donors (Lipinski definition) is 1. The molecule has 0 fully saturated rings. The van der Waals surface area contributed by atoms with E-state index in [1.807, 2.05) is 18.2 Å². The van der Waals surface area contributed by atoms with Gasteiger partial charge in [-0.25, -0.2) is 4.98 Å². The predicted molar refractivity (Wildman–Crippen MR) is 57.8 cm³/mol. The van der Waals surface area contributed by atoms with E-state index < -0.39 is 5.91 Å². The maximum Gasteiger partial charge on any atom is 0.241 e. The van der Waals surface area contributed by atoms with E-state index >= 15 is 0 Å². The Morgan fingerprint density at radius 2 is 2.36 bits per heavy atom. The van der Waals surface area contributed by atoms with Gasteiger partial charge < -0.3 is 5.73 Å². The monoisotopic (exact) mass is 204 g/mol. The summed E-state index contributed by atoms with van der Waals surface area (Å²) in [6.07, 6.45) is 3.02. The van der Waals surface area contributed by atoms with Crippen molar-refractivity contribution in [2.24, 2.45) is 5.73 Å². The minimum absolute atomic E-state index is 0.441. The van der Waals surface area contributed by atoms with Crippen molar-refractivity contribution in [3.8, 4) is 0 Å². The van der Waals surface area contributed by atoms with Gasteiger partial charge in [-0.1, -0.05) is 6.07 Å². The van der Waals surface area contributed by atoms with Gasteiger partial charge in [-0.2, -0.15) is 0 Å². The van der Waals surface area contributed by atoms with Crippen LogP contribution in [0, 0.1) is 0 Å². The number of thiazole rings is 1. The number of amides is 1.